The molecule has 0 aliphatic heterocycles. The first kappa shape index (κ1) is 14.3. The van der Waals surface area contributed by atoms with Crippen molar-refractivity contribution in [3.8, 4) is 0 Å². The summed E-state index contributed by atoms with van der Waals surface area (Å²) < 4.78 is 5.65. The molecule has 0 amide bonds. The highest BCUT2D eigenvalue weighted by atomic mass is 16.5. The highest BCUT2D eigenvalue weighted by Gasteiger charge is 2.20. The molecule has 4 heteroatoms. The van der Waals surface area contributed by atoms with Crippen LogP contribution in [0.3, 0.4) is 0 Å². The third-order valence-electron chi connectivity index (χ3n) is 3.65. The summed E-state index contributed by atoms with van der Waals surface area (Å²) in [5.74, 6) is 0.835. The van der Waals surface area contributed by atoms with Crippen molar-refractivity contribution < 1.29 is 4.74 Å². The van der Waals surface area contributed by atoms with E-state index in [-0.39, 0.29) is 6.04 Å². The molecule has 1 fully saturated rings. The predicted molar refractivity (Wildman–Crippen MR) is 78.3 cm³/mol. The standard InChI is InChI=1S/C15H25N3O/c1-3-14(16)15-7-6-13(10-17-15)18(2)8-9-19-11-12-4-5-12/h6-7,10,12,14H,3-5,8-9,11,16H2,1-2H3/t14-/m0/s1. The third kappa shape index (κ3) is 4.48. The van der Waals surface area contributed by atoms with Crippen molar-refractivity contribution in [3.05, 3.63) is 24.0 Å². The van der Waals surface area contributed by atoms with Gasteiger partial charge in [-0.25, -0.2) is 0 Å². The molecular formula is C15H25N3O. The molecule has 0 saturated heterocycles. The Bertz CT molecular complexity index is 375. The van der Waals surface area contributed by atoms with E-state index in [1.807, 2.05) is 12.3 Å². The van der Waals surface area contributed by atoms with Crippen LogP contribution >= 0.6 is 0 Å². The first-order valence-corrected chi connectivity index (χ1v) is 7.21. The second-order valence-corrected chi connectivity index (χ2v) is 5.40. The maximum absolute atomic E-state index is 5.96. The highest BCUT2D eigenvalue weighted by molar-refractivity contribution is 5.43. The Morgan fingerprint density at radius 3 is 2.84 bits per heavy atom. The number of pyridine rings is 1. The maximum atomic E-state index is 5.96. The van der Waals surface area contributed by atoms with Gasteiger partial charge in [0.15, 0.2) is 0 Å². The fourth-order valence-corrected chi connectivity index (χ4v) is 1.92. The summed E-state index contributed by atoms with van der Waals surface area (Å²) in [4.78, 5) is 6.60. The molecule has 0 aromatic carbocycles. The summed E-state index contributed by atoms with van der Waals surface area (Å²) in [5.41, 5.74) is 8.03. The average Bonchev–Trinajstić information content (AvgIpc) is 3.27. The molecule has 1 aromatic heterocycles. The molecule has 1 aliphatic carbocycles. The molecule has 4 nitrogen and oxygen atoms in total. The zero-order valence-electron chi connectivity index (χ0n) is 12.0. The van der Waals surface area contributed by atoms with E-state index in [0.29, 0.717) is 0 Å². The molecular weight excluding hydrogens is 238 g/mol. The van der Waals surface area contributed by atoms with Gasteiger partial charge in [-0.1, -0.05) is 6.92 Å². The number of hydrogen-bond donors (Lipinski definition) is 1. The lowest BCUT2D eigenvalue weighted by atomic mass is 10.1. The Labute approximate surface area is 116 Å². The number of nitrogens with two attached hydrogens (primary N) is 1. The van der Waals surface area contributed by atoms with Crippen LogP contribution in [-0.2, 0) is 4.74 Å². The van der Waals surface area contributed by atoms with Crippen LogP contribution in [0.25, 0.3) is 0 Å². The van der Waals surface area contributed by atoms with E-state index in [0.717, 1.165) is 43.5 Å². The van der Waals surface area contributed by atoms with Crippen LogP contribution in [0.4, 0.5) is 5.69 Å². The number of anilines is 1. The molecule has 1 aromatic rings. The molecule has 2 N–H and O–H groups in total. The summed E-state index contributed by atoms with van der Waals surface area (Å²) in [6, 6.07) is 4.14. The van der Waals surface area contributed by atoms with Crippen molar-refractivity contribution >= 4 is 5.69 Å². The molecule has 1 atom stereocenters. The average molecular weight is 263 g/mol. The van der Waals surface area contributed by atoms with E-state index in [2.05, 4.69) is 29.9 Å². The highest BCUT2D eigenvalue weighted by Crippen LogP contribution is 2.28. The van der Waals surface area contributed by atoms with Gasteiger partial charge in [0.25, 0.3) is 0 Å². The molecule has 2 rings (SSSR count). The third-order valence-corrected chi connectivity index (χ3v) is 3.65. The Morgan fingerprint density at radius 2 is 2.26 bits per heavy atom. The monoisotopic (exact) mass is 263 g/mol. The van der Waals surface area contributed by atoms with Crippen LogP contribution in [0.2, 0.25) is 0 Å². The van der Waals surface area contributed by atoms with Crippen LogP contribution in [0.1, 0.15) is 37.9 Å². The van der Waals surface area contributed by atoms with Gasteiger partial charge < -0.3 is 15.4 Å². The first-order chi connectivity index (χ1) is 9.20. The lowest BCUT2D eigenvalue weighted by molar-refractivity contribution is 0.131. The largest absolute Gasteiger partial charge is 0.379 e. The lowest BCUT2D eigenvalue weighted by Crippen LogP contribution is -2.23. The number of nitrogens with zero attached hydrogens (tertiary/aromatic N) is 2. The second-order valence-electron chi connectivity index (χ2n) is 5.40. The normalized spacial score (nSPS) is 16.4. The summed E-state index contributed by atoms with van der Waals surface area (Å²) >= 11 is 0. The molecule has 19 heavy (non-hydrogen) atoms. The van der Waals surface area contributed by atoms with Crippen LogP contribution in [0.15, 0.2) is 18.3 Å². The van der Waals surface area contributed by atoms with Crippen molar-refractivity contribution in [1.82, 2.24) is 4.98 Å². The molecule has 1 heterocycles. The van der Waals surface area contributed by atoms with Gasteiger partial charge in [0.1, 0.15) is 0 Å². The number of aromatic nitrogens is 1. The van der Waals surface area contributed by atoms with Crippen molar-refractivity contribution in [2.24, 2.45) is 11.7 Å². The van der Waals surface area contributed by atoms with Crippen molar-refractivity contribution in [1.29, 1.82) is 0 Å². The molecule has 0 unspecified atom stereocenters. The van der Waals surface area contributed by atoms with E-state index in [1.165, 1.54) is 12.8 Å². The second kappa shape index (κ2) is 6.87. The van der Waals surface area contributed by atoms with Gasteiger partial charge in [0.2, 0.25) is 0 Å². The van der Waals surface area contributed by atoms with E-state index < -0.39 is 0 Å². The number of hydrogen-bond acceptors (Lipinski definition) is 4. The topological polar surface area (TPSA) is 51.4 Å². The molecule has 0 bridgehead atoms. The Morgan fingerprint density at radius 1 is 1.47 bits per heavy atom. The Kier molecular flexibility index (Phi) is 5.16. The minimum absolute atomic E-state index is 0.0428. The van der Waals surface area contributed by atoms with Gasteiger partial charge in [0, 0.05) is 26.2 Å². The molecule has 1 aliphatic rings. The quantitative estimate of drug-likeness (QED) is 0.732. The predicted octanol–water partition coefficient (Wildman–Crippen LogP) is 2.35. The molecule has 0 spiro atoms. The lowest BCUT2D eigenvalue weighted by Gasteiger charge is -2.19. The minimum atomic E-state index is 0.0428. The van der Waals surface area contributed by atoms with Crippen LogP contribution in [0, 0.1) is 5.92 Å². The zero-order chi connectivity index (χ0) is 13.7. The molecule has 0 radical (unpaired) electrons. The van der Waals surface area contributed by atoms with Crippen molar-refractivity contribution in [3.63, 3.8) is 0 Å². The Balaban J connectivity index is 1.75. The summed E-state index contributed by atoms with van der Waals surface area (Å²) in [6.07, 6.45) is 5.50. The fourth-order valence-electron chi connectivity index (χ4n) is 1.92. The van der Waals surface area contributed by atoms with Gasteiger partial charge in [-0.05, 0) is 37.3 Å². The van der Waals surface area contributed by atoms with Gasteiger partial charge >= 0.3 is 0 Å². The summed E-state index contributed by atoms with van der Waals surface area (Å²) in [5, 5.41) is 0. The van der Waals surface area contributed by atoms with E-state index >= 15 is 0 Å². The minimum Gasteiger partial charge on any atom is -0.379 e. The Hall–Kier alpha value is -1.13. The van der Waals surface area contributed by atoms with E-state index in [9.17, 15) is 0 Å². The van der Waals surface area contributed by atoms with Crippen LogP contribution in [0.5, 0.6) is 0 Å². The van der Waals surface area contributed by atoms with E-state index in [1.54, 1.807) is 0 Å². The van der Waals surface area contributed by atoms with Crippen LogP contribution < -0.4 is 10.6 Å². The van der Waals surface area contributed by atoms with Gasteiger partial charge in [-0.3, -0.25) is 4.98 Å². The fraction of sp³-hybridized carbons (Fsp3) is 0.667. The molecule has 1 saturated carbocycles. The van der Waals surface area contributed by atoms with E-state index in [4.69, 9.17) is 10.5 Å². The zero-order valence-corrected chi connectivity index (χ0v) is 12.0. The summed E-state index contributed by atoms with van der Waals surface area (Å²) in [7, 11) is 2.07. The molecule has 106 valence electrons. The van der Waals surface area contributed by atoms with Gasteiger partial charge in [-0.2, -0.15) is 0 Å². The SMILES string of the molecule is CC[C@H](N)c1ccc(N(C)CCOCC2CC2)cn1. The number of likely N-dealkylation sites (N-methyl/N-ethyl adjacent to an activating group) is 1. The summed E-state index contributed by atoms with van der Waals surface area (Å²) in [6.45, 7) is 4.68. The number of ether oxygens (including phenoxy) is 1. The maximum Gasteiger partial charge on any atom is 0.0641 e. The van der Waals surface area contributed by atoms with Crippen molar-refractivity contribution in [2.45, 2.75) is 32.2 Å². The van der Waals surface area contributed by atoms with Gasteiger partial charge in [0.05, 0.1) is 24.2 Å². The smallest absolute Gasteiger partial charge is 0.0641 e. The number of rotatable bonds is 8. The van der Waals surface area contributed by atoms with Crippen LogP contribution in [-0.4, -0.2) is 31.8 Å². The van der Waals surface area contributed by atoms with Crippen molar-refractivity contribution in [2.75, 3.05) is 31.7 Å². The van der Waals surface area contributed by atoms with Gasteiger partial charge in [-0.15, -0.1) is 0 Å². The first-order valence-electron chi connectivity index (χ1n) is 7.21.